The molecule has 0 heterocycles. The molecular formula is C22H26Cl2N2O4. The summed E-state index contributed by atoms with van der Waals surface area (Å²) < 4.78 is 10.4. The summed E-state index contributed by atoms with van der Waals surface area (Å²) in [7, 11) is 0. The van der Waals surface area contributed by atoms with Gasteiger partial charge in [0.2, 0.25) is 0 Å². The number of nitrogens with one attached hydrogen (secondary N) is 1. The Kier molecular flexibility index (Phi) is 10.3. The van der Waals surface area contributed by atoms with Crippen LogP contribution in [-0.2, 0) is 9.59 Å². The van der Waals surface area contributed by atoms with Crippen molar-refractivity contribution in [1.82, 2.24) is 5.32 Å². The van der Waals surface area contributed by atoms with Crippen LogP contribution in [0.25, 0.3) is 0 Å². The minimum atomic E-state index is -0.495. The van der Waals surface area contributed by atoms with E-state index in [9.17, 15) is 9.59 Å². The first-order chi connectivity index (χ1) is 14.4. The minimum absolute atomic E-state index is 0.0446. The van der Waals surface area contributed by atoms with Gasteiger partial charge >= 0.3 is 0 Å². The summed E-state index contributed by atoms with van der Waals surface area (Å²) in [6.07, 6.45) is 5.89. The molecule has 1 fully saturated rings. The Balaban J connectivity index is 0.000000232. The zero-order valence-electron chi connectivity index (χ0n) is 16.6. The van der Waals surface area contributed by atoms with Gasteiger partial charge in [-0.05, 0) is 61.4 Å². The van der Waals surface area contributed by atoms with Crippen molar-refractivity contribution >= 4 is 35.0 Å². The fourth-order valence-electron chi connectivity index (χ4n) is 2.88. The second-order valence-corrected chi connectivity index (χ2v) is 7.73. The summed E-state index contributed by atoms with van der Waals surface area (Å²) in [5.74, 6) is 0.707. The zero-order valence-corrected chi connectivity index (χ0v) is 18.1. The van der Waals surface area contributed by atoms with E-state index in [1.54, 1.807) is 48.5 Å². The van der Waals surface area contributed by atoms with E-state index < -0.39 is 5.91 Å². The Bertz CT molecular complexity index is 792. The number of carbonyl (C=O) groups excluding carboxylic acids is 2. The third-order valence-corrected chi connectivity index (χ3v) is 4.85. The summed E-state index contributed by atoms with van der Waals surface area (Å²) in [5.41, 5.74) is 4.88. The quantitative estimate of drug-likeness (QED) is 0.652. The lowest BCUT2D eigenvalue weighted by Gasteiger charge is -2.22. The predicted octanol–water partition coefficient (Wildman–Crippen LogP) is 4.37. The number of hydrogen-bond acceptors (Lipinski definition) is 4. The third-order valence-electron chi connectivity index (χ3n) is 4.35. The van der Waals surface area contributed by atoms with Crippen LogP contribution >= 0.6 is 23.2 Å². The van der Waals surface area contributed by atoms with Crippen LogP contribution in [0.4, 0.5) is 0 Å². The smallest absolute Gasteiger partial charge is 0.258 e. The van der Waals surface area contributed by atoms with Gasteiger partial charge in [-0.1, -0.05) is 42.5 Å². The van der Waals surface area contributed by atoms with Crippen LogP contribution in [0.2, 0.25) is 10.0 Å². The van der Waals surface area contributed by atoms with Crippen molar-refractivity contribution in [3.05, 3.63) is 58.6 Å². The summed E-state index contributed by atoms with van der Waals surface area (Å²) in [4.78, 5) is 22.0. The number of amides is 2. The second kappa shape index (κ2) is 13.0. The van der Waals surface area contributed by atoms with Crippen LogP contribution in [-0.4, -0.2) is 31.1 Å². The van der Waals surface area contributed by atoms with E-state index in [2.05, 4.69) is 5.32 Å². The Hall–Kier alpha value is -2.44. The maximum atomic E-state index is 11.7. The average molecular weight is 453 g/mol. The number of primary amides is 1. The molecule has 0 radical (unpaired) electrons. The van der Waals surface area contributed by atoms with Gasteiger partial charge < -0.3 is 20.5 Å². The number of rotatable bonds is 7. The molecule has 0 atom stereocenters. The molecule has 6 nitrogen and oxygen atoms in total. The van der Waals surface area contributed by atoms with Crippen LogP contribution < -0.4 is 20.5 Å². The fourth-order valence-corrected chi connectivity index (χ4v) is 3.13. The molecule has 2 aromatic carbocycles. The normalized spacial score (nSPS) is 13.5. The van der Waals surface area contributed by atoms with E-state index in [0.717, 1.165) is 12.8 Å². The molecule has 3 N–H and O–H groups in total. The van der Waals surface area contributed by atoms with Gasteiger partial charge in [-0.25, -0.2) is 0 Å². The van der Waals surface area contributed by atoms with Gasteiger partial charge in [-0.15, -0.1) is 0 Å². The molecule has 0 spiro atoms. The zero-order chi connectivity index (χ0) is 21.8. The molecule has 0 aromatic heterocycles. The molecule has 0 aliphatic heterocycles. The fraction of sp³-hybridized carbons (Fsp3) is 0.364. The molecular weight excluding hydrogens is 427 g/mol. The lowest BCUT2D eigenvalue weighted by atomic mass is 9.95. The standard InChI is InChI=1S/C14H18ClNO2.C8H8ClNO2/c15-11-6-8-13(9-7-11)18-10-14(17)16-12-4-2-1-3-5-12;9-6-1-3-7(4-2-6)12-5-8(10)11/h6-9,12H,1-5,10H2,(H,16,17);1-4H,5H2,(H2,10,11). The molecule has 30 heavy (non-hydrogen) atoms. The highest BCUT2D eigenvalue weighted by Gasteiger charge is 2.15. The maximum absolute atomic E-state index is 11.7. The summed E-state index contributed by atoms with van der Waals surface area (Å²) in [5, 5.41) is 4.30. The topological polar surface area (TPSA) is 90.7 Å². The molecule has 0 saturated heterocycles. The van der Waals surface area contributed by atoms with Crippen molar-refractivity contribution in [1.29, 1.82) is 0 Å². The van der Waals surface area contributed by atoms with E-state index >= 15 is 0 Å². The summed E-state index contributed by atoms with van der Waals surface area (Å²) >= 11 is 11.4. The average Bonchev–Trinajstić information content (AvgIpc) is 2.74. The lowest BCUT2D eigenvalue weighted by Crippen LogP contribution is -2.38. The predicted molar refractivity (Wildman–Crippen MR) is 118 cm³/mol. The van der Waals surface area contributed by atoms with Crippen LogP contribution in [0.3, 0.4) is 0 Å². The van der Waals surface area contributed by atoms with Crippen LogP contribution in [0.5, 0.6) is 11.5 Å². The van der Waals surface area contributed by atoms with Crippen LogP contribution in [0, 0.1) is 0 Å². The van der Waals surface area contributed by atoms with Crippen molar-refractivity contribution < 1.29 is 19.1 Å². The molecule has 2 amide bonds. The van der Waals surface area contributed by atoms with Crippen molar-refractivity contribution in [2.75, 3.05) is 13.2 Å². The van der Waals surface area contributed by atoms with Crippen molar-refractivity contribution in [3.63, 3.8) is 0 Å². The van der Waals surface area contributed by atoms with E-state index in [1.165, 1.54) is 19.3 Å². The van der Waals surface area contributed by atoms with Crippen molar-refractivity contribution in [3.8, 4) is 11.5 Å². The third kappa shape index (κ3) is 9.85. The SMILES string of the molecule is NC(=O)COc1ccc(Cl)cc1.O=C(COc1ccc(Cl)cc1)NC1CCCCC1. The number of halogens is 2. The largest absolute Gasteiger partial charge is 0.484 e. The van der Waals surface area contributed by atoms with E-state index in [0.29, 0.717) is 27.6 Å². The number of carbonyl (C=O) groups is 2. The second-order valence-electron chi connectivity index (χ2n) is 6.85. The van der Waals surface area contributed by atoms with Crippen molar-refractivity contribution in [2.24, 2.45) is 5.73 Å². The number of ether oxygens (including phenoxy) is 2. The van der Waals surface area contributed by atoms with Gasteiger partial charge in [0, 0.05) is 16.1 Å². The highest BCUT2D eigenvalue weighted by atomic mass is 35.5. The van der Waals surface area contributed by atoms with Crippen molar-refractivity contribution in [2.45, 2.75) is 38.1 Å². The van der Waals surface area contributed by atoms with E-state index in [1.807, 2.05) is 0 Å². The van der Waals surface area contributed by atoms with Gasteiger partial charge in [0.05, 0.1) is 0 Å². The monoisotopic (exact) mass is 452 g/mol. The molecule has 2 aromatic rings. The minimum Gasteiger partial charge on any atom is -0.484 e. The molecule has 0 bridgehead atoms. The maximum Gasteiger partial charge on any atom is 0.258 e. The molecule has 1 saturated carbocycles. The molecule has 0 unspecified atom stereocenters. The summed E-state index contributed by atoms with van der Waals surface area (Å²) in [6, 6.07) is 14.0. The first-order valence-electron chi connectivity index (χ1n) is 9.77. The van der Waals surface area contributed by atoms with E-state index in [-0.39, 0.29) is 19.1 Å². The summed E-state index contributed by atoms with van der Waals surface area (Å²) in [6.45, 7) is -0.0419. The van der Waals surface area contributed by atoms with Gasteiger partial charge in [-0.3, -0.25) is 9.59 Å². The lowest BCUT2D eigenvalue weighted by molar-refractivity contribution is -0.124. The Morgan fingerprint density at radius 3 is 1.77 bits per heavy atom. The van der Waals surface area contributed by atoms with Gasteiger partial charge in [0.15, 0.2) is 13.2 Å². The molecule has 8 heteroatoms. The van der Waals surface area contributed by atoms with Gasteiger partial charge in [0.1, 0.15) is 11.5 Å². The number of nitrogens with two attached hydrogens (primary N) is 1. The molecule has 1 aliphatic rings. The van der Waals surface area contributed by atoms with Crippen LogP contribution in [0.1, 0.15) is 32.1 Å². The first-order valence-corrected chi connectivity index (χ1v) is 10.5. The van der Waals surface area contributed by atoms with Crippen LogP contribution in [0.15, 0.2) is 48.5 Å². The number of benzene rings is 2. The molecule has 1 aliphatic carbocycles. The highest BCUT2D eigenvalue weighted by molar-refractivity contribution is 6.30. The van der Waals surface area contributed by atoms with Gasteiger partial charge in [-0.2, -0.15) is 0 Å². The Morgan fingerprint density at radius 2 is 1.30 bits per heavy atom. The number of hydrogen-bond donors (Lipinski definition) is 2. The highest BCUT2D eigenvalue weighted by Crippen LogP contribution is 2.18. The first kappa shape index (κ1) is 23.8. The Labute approximate surface area is 186 Å². The Morgan fingerprint density at radius 1 is 0.833 bits per heavy atom. The molecule has 3 rings (SSSR count). The van der Waals surface area contributed by atoms with E-state index in [4.69, 9.17) is 38.4 Å². The van der Waals surface area contributed by atoms with Gasteiger partial charge in [0.25, 0.3) is 11.8 Å². The molecule has 162 valence electrons.